The number of nitrogens with one attached hydrogen (secondary N) is 1. The summed E-state index contributed by atoms with van der Waals surface area (Å²) < 4.78 is 4.78. The third-order valence-corrected chi connectivity index (χ3v) is 1.63. The Morgan fingerprint density at radius 1 is 1.25 bits per heavy atom. The highest BCUT2D eigenvalue weighted by Crippen LogP contribution is 1.98. The zero-order valence-corrected chi connectivity index (χ0v) is 10.8. The normalized spacial score (nSPS) is 11.4. The largest absolute Gasteiger partial charge is 0.465 e. The Morgan fingerprint density at radius 2 is 1.81 bits per heavy atom. The van der Waals surface area contributed by atoms with Crippen molar-refractivity contribution >= 4 is 11.9 Å². The van der Waals surface area contributed by atoms with Gasteiger partial charge in [0.05, 0.1) is 19.7 Å². The van der Waals surface area contributed by atoms with E-state index in [-0.39, 0.29) is 30.5 Å². The Kier molecular flexibility index (Phi) is 6.03. The van der Waals surface area contributed by atoms with Gasteiger partial charge in [0.15, 0.2) is 0 Å². The van der Waals surface area contributed by atoms with Crippen LogP contribution in [0.15, 0.2) is 0 Å². The van der Waals surface area contributed by atoms with Crippen molar-refractivity contribution < 1.29 is 14.3 Å². The van der Waals surface area contributed by atoms with E-state index in [9.17, 15) is 9.59 Å². The van der Waals surface area contributed by atoms with Gasteiger partial charge in [0, 0.05) is 5.54 Å². The first kappa shape index (κ1) is 14.9. The van der Waals surface area contributed by atoms with Crippen molar-refractivity contribution in [3.05, 3.63) is 0 Å². The molecule has 0 bridgehead atoms. The molecule has 0 unspecified atom stereocenters. The summed E-state index contributed by atoms with van der Waals surface area (Å²) in [6.45, 7) is 8.18. The van der Waals surface area contributed by atoms with Crippen LogP contribution < -0.4 is 5.32 Å². The minimum atomic E-state index is -0.312. The molecular formula is C11H22N2O3. The van der Waals surface area contributed by atoms with Crippen LogP contribution in [-0.2, 0) is 14.3 Å². The molecule has 0 atom stereocenters. The van der Waals surface area contributed by atoms with Gasteiger partial charge >= 0.3 is 5.97 Å². The Balaban J connectivity index is 3.91. The first-order valence-electron chi connectivity index (χ1n) is 5.39. The highest BCUT2D eigenvalue weighted by atomic mass is 16.5. The van der Waals surface area contributed by atoms with Crippen molar-refractivity contribution in [2.24, 2.45) is 0 Å². The molecule has 0 heterocycles. The van der Waals surface area contributed by atoms with E-state index in [1.165, 1.54) is 0 Å². The lowest BCUT2D eigenvalue weighted by Crippen LogP contribution is -2.46. The standard InChI is InChI=1S/C11H22N2O3/c1-6-16-10(15)8-13(5)7-9(14)12-11(2,3)4/h6-8H2,1-5H3,(H,12,14). The highest BCUT2D eigenvalue weighted by Gasteiger charge is 2.16. The first-order chi connectivity index (χ1) is 7.24. The summed E-state index contributed by atoms with van der Waals surface area (Å²) in [7, 11) is 1.71. The number of hydrogen-bond donors (Lipinski definition) is 1. The topological polar surface area (TPSA) is 58.6 Å². The molecule has 0 saturated carbocycles. The molecule has 0 spiro atoms. The van der Waals surface area contributed by atoms with E-state index in [0.29, 0.717) is 6.61 Å². The highest BCUT2D eigenvalue weighted by molar-refractivity contribution is 5.79. The van der Waals surface area contributed by atoms with Gasteiger partial charge in [0.25, 0.3) is 0 Å². The summed E-state index contributed by atoms with van der Waals surface area (Å²) in [5, 5.41) is 2.82. The van der Waals surface area contributed by atoms with Gasteiger partial charge in [-0.2, -0.15) is 0 Å². The summed E-state index contributed by atoms with van der Waals surface area (Å²) >= 11 is 0. The number of rotatable bonds is 5. The van der Waals surface area contributed by atoms with Crippen molar-refractivity contribution in [1.29, 1.82) is 0 Å². The number of amides is 1. The Labute approximate surface area is 97.1 Å². The first-order valence-corrected chi connectivity index (χ1v) is 5.39. The predicted octanol–water partition coefficient (Wildman–Crippen LogP) is 0.396. The molecule has 0 fully saturated rings. The Morgan fingerprint density at radius 3 is 2.25 bits per heavy atom. The predicted molar refractivity (Wildman–Crippen MR) is 62.0 cm³/mol. The number of carbonyl (C=O) groups excluding carboxylic acids is 2. The van der Waals surface area contributed by atoms with Crippen LogP contribution in [0.25, 0.3) is 0 Å². The lowest BCUT2D eigenvalue weighted by molar-refractivity contribution is -0.144. The summed E-state index contributed by atoms with van der Waals surface area (Å²) in [4.78, 5) is 24.3. The number of nitrogens with zero attached hydrogens (tertiary/aromatic N) is 1. The zero-order valence-electron chi connectivity index (χ0n) is 10.8. The molecule has 0 aromatic heterocycles. The van der Waals surface area contributed by atoms with E-state index < -0.39 is 0 Å². The molecule has 0 rings (SSSR count). The molecule has 0 aliphatic carbocycles. The van der Waals surface area contributed by atoms with E-state index in [1.807, 2.05) is 20.8 Å². The summed E-state index contributed by atoms with van der Waals surface area (Å²) in [5.74, 6) is -0.409. The molecule has 0 radical (unpaired) electrons. The van der Waals surface area contributed by atoms with Crippen LogP contribution in [0.4, 0.5) is 0 Å². The van der Waals surface area contributed by atoms with Gasteiger partial charge < -0.3 is 10.1 Å². The van der Waals surface area contributed by atoms with Gasteiger partial charge in [-0.1, -0.05) is 0 Å². The molecule has 1 amide bonds. The number of carbonyl (C=O) groups is 2. The fourth-order valence-electron chi connectivity index (χ4n) is 1.19. The van der Waals surface area contributed by atoms with Gasteiger partial charge in [-0.25, -0.2) is 0 Å². The monoisotopic (exact) mass is 230 g/mol. The van der Waals surface area contributed by atoms with E-state index in [0.717, 1.165) is 0 Å². The smallest absolute Gasteiger partial charge is 0.320 e. The van der Waals surface area contributed by atoms with E-state index in [4.69, 9.17) is 4.74 Å². The third-order valence-electron chi connectivity index (χ3n) is 1.63. The molecular weight excluding hydrogens is 208 g/mol. The van der Waals surface area contributed by atoms with Crippen LogP contribution in [0, 0.1) is 0 Å². The molecule has 16 heavy (non-hydrogen) atoms. The molecule has 1 N–H and O–H groups in total. The second-order valence-corrected chi connectivity index (χ2v) is 4.78. The second kappa shape index (κ2) is 6.48. The number of hydrogen-bond acceptors (Lipinski definition) is 4. The third kappa shape index (κ3) is 8.23. The molecule has 94 valence electrons. The summed E-state index contributed by atoms with van der Waals surface area (Å²) in [6.07, 6.45) is 0. The van der Waals surface area contributed by atoms with Crippen molar-refractivity contribution in [3.63, 3.8) is 0 Å². The van der Waals surface area contributed by atoms with Gasteiger partial charge in [-0.15, -0.1) is 0 Å². The van der Waals surface area contributed by atoms with Gasteiger partial charge in [-0.3, -0.25) is 14.5 Å². The minimum absolute atomic E-state index is 0.0979. The fourth-order valence-corrected chi connectivity index (χ4v) is 1.19. The Hall–Kier alpha value is -1.10. The van der Waals surface area contributed by atoms with Crippen LogP contribution in [0.2, 0.25) is 0 Å². The minimum Gasteiger partial charge on any atom is -0.465 e. The lowest BCUT2D eigenvalue weighted by Gasteiger charge is -2.22. The van der Waals surface area contributed by atoms with E-state index in [1.54, 1.807) is 18.9 Å². The molecule has 0 aliphatic rings. The molecule has 0 aliphatic heterocycles. The fraction of sp³-hybridized carbons (Fsp3) is 0.818. The van der Waals surface area contributed by atoms with Crippen LogP contribution in [0.5, 0.6) is 0 Å². The molecule has 0 aromatic carbocycles. The number of ether oxygens (including phenoxy) is 1. The molecule has 0 aromatic rings. The maximum atomic E-state index is 11.5. The van der Waals surface area contributed by atoms with Crippen LogP contribution in [0.3, 0.4) is 0 Å². The number of likely N-dealkylation sites (N-methyl/N-ethyl adjacent to an activating group) is 1. The average Bonchev–Trinajstić information content (AvgIpc) is 1.98. The van der Waals surface area contributed by atoms with Gasteiger partial charge in [0.1, 0.15) is 0 Å². The van der Waals surface area contributed by atoms with Crippen LogP contribution in [-0.4, -0.2) is 49.1 Å². The van der Waals surface area contributed by atoms with Crippen LogP contribution in [0.1, 0.15) is 27.7 Å². The quantitative estimate of drug-likeness (QED) is 0.694. The van der Waals surface area contributed by atoms with Crippen LogP contribution >= 0.6 is 0 Å². The van der Waals surface area contributed by atoms with Crippen molar-refractivity contribution in [2.75, 3.05) is 26.7 Å². The molecule has 5 nitrogen and oxygen atoms in total. The Bertz CT molecular complexity index is 246. The van der Waals surface area contributed by atoms with Gasteiger partial charge in [-0.05, 0) is 34.7 Å². The maximum absolute atomic E-state index is 11.5. The maximum Gasteiger partial charge on any atom is 0.320 e. The SMILES string of the molecule is CCOC(=O)CN(C)CC(=O)NC(C)(C)C. The second-order valence-electron chi connectivity index (χ2n) is 4.78. The molecule has 5 heteroatoms. The summed E-state index contributed by atoms with van der Waals surface area (Å²) in [6, 6.07) is 0. The summed E-state index contributed by atoms with van der Waals surface area (Å²) in [5.41, 5.74) is -0.248. The zero-order chi connectivity index (χ0) is 12.8. The lowest BCUT2D eigenvalue weighted by atomic mass is 10.1. The van der Waals surface area contributed by atoms with E-state index in [2.05, 4.69) is 5.32 Å². The van der Waals surface area contributed by atoms with Crippen molar-refractivity contribution in [1.82, 2.24) is 10.2 Å². The number of esters is 1. The molecule has 0 saturated heterocycles. The van der Waals surface area contributed by atoms with Crippen molar-refractivity contribution in [2.45, 2.75) is 33.2 Å². The van der Waals surface area contributed by atoms with Gasteiger partial charge in [0.2, 0.25) is 5.91 Å². The van der Waals surface area contributed by atoms with E-state index >= 15 is 0 Å². The average molecular weight is 230 g/mol. The van der Waals surface area contributed by atoms with Crippen molar-refractivity contribution in [3.8, 4) is 0 Å².